The van der Waals surface area contributed by atoms with Crippen molar-refractivity contribution in [2.75, 3.05) is 13.1 Å². The summed E-state index contributed by atoms with van der Waals surface area (Å²) in [6.07, 6.45) is 5.01. The number of hydrogen-bond donors (Lipinski definition) is 0. The standard InChI is InChI=1S/C15H22ClNO2S/c1-2-13-7-8-15(11-14(13)12-16)20(18,19)17-9-5-3-4-6-10-17/h7-8,11H,2-6,9-10,12H2,1H3. The van der Waals surface area contributed by atoms with Crippen molar-refractivity contribution in [1.82, 2.24) is 4.31 Å². The molecule has 0 bridgehead atoms. The number of aryl methyl sites for hydroxylation is 1. The Morgan fingerprint density at radius 1 is 1.10 bits per heavy atom. The van der Waals surface area contributed by atoms with Crippen LogP contribution >= 0.6 is 11.6 Å². The zero-order chi connectivity index (χ0) is 14.6. The molecule has 5 heteroatoms. The molecular formula is C15H22ClNO2S. The predicted octanol–water partition coefficient (Wildman–Crippen LogP) is 3.55. The fraction of sp³-hybridized carbons (Fsp3) is 0.600. The van der Waals surface area contributed by atoms with Gasteiger partial charge >= 0.3 is 0 Å². The number of sulfonamides is 1. The van der Waals surface area contributed by atoms with E-state index in [1.165, 1.54) is 0 Å². The molecule has 0 aromatic heterocycles. The second kappa shape index (κ2) is 6.92. The highest BCUT2D eigenvalue weighted by atomic mass is 35.5. The third-order valence-corrected chi connectivity index (χ3v) is 6.09. The molecule has 2 rings (SSSR count). The minimum Gasteiger partial charge on any atom is -0.207 e. The highest BCUT2D eigenvalue weighted by Gasteiger charge is 2.25. The molecule has 112 valence electrons. The highest BCUT2D eigenvalue weighted by Crippen LogP contribution is 2.23. The van der Waals surface area contributed by atoms with E-state index in [4.69, 9.17) is 11.6 Å². The molecule has 1 saturated heterocycles. The number of nitrogens with zero attached hydrogens (tertiary/aromatic N) is 1. The Labute approximate surface area is 127 Å². The third kappa shape index (κ3) is 3.35. The van der Waals surface area contributed by atoms with Gasteiger partial charge in [0.05, 0.1) is 4.90 Å². The second-order valence-electron chi connectivity index (χ2n) is 5.24. The summed E-state index contributed by atoms with van der Waals surface area (Å²) < 4.78 is 27.0. The molecule has 1 fully saturated rings. The van der Waals surface area contributed by atoms with E-state index < -0.39 is 10.0 Å². The molecule has 0 N–H and O–H groups in total. The van der Waals surface area contributed by atoms with Gasteiger partial charge in [-0.25, -0.2) is 8.42 Å². The number of hydrogen-bond acceptors (Lipinski definition) is 2. The molecule has 1 aromatic carbocycles. The average Bonchev–Trinajstić information content (AvgIpc) is 2.76. The number of rotatable bonds is 4. The van der Waals surface area contributed by atoms with E-state index in [1.807, 2.05) is 13.0 Å². The summed E-state index contributed by atoms with van der Waals surface area (Å²) in [5.74, 6) is 0.354. The van der Waals surface area contributed by atoms with Gasteiger partial charge in [-0.05, 0) is 42.5 Å². The normalized spacial score (nSPS) is 17.9. The summed E-state index contributed by atoms with van der Waals surface area (Å²) in [5, 5.41) is 0. The van der Waals surface area contributed by atoms with Crippen LogP contribution in [0.4, 0.5) is 0 Å². The molecule has 1 aliphatic heterocycles. The zero-order valence-corrected chi connectivity index (χ0v) is 13.5. The van der Waals surface area contributed by atoms with E-state index in [1.54, 1.807) is 16.4 Å². The summed E-state index contributed by atoms with van der Waals surface area (Å²) in [5.41, 5.74) is 2.04. The summed E-state index contributed by atoms with van der Waals surface area (Å²) >= 11 is 5.94. The molecule has 0 amide bonds. The lowest BCUT2D eigenvalue weighted by Gasteiger charge is -2.20. The summed E-state index contributed by atoms with van der Waals surface area (Å²) in [6.45, 7) is 3.32. The molecule has 0 unspecified atom stereocenters. The molecule has 0 spiro atoms. The quantitative estimate of drug-likeness (QED) is 0.797. The second-order valence-corrected chi connectivity index (χ2v) is 7.44. The van der Waals surface area contributed by atoms with Crippen LogP contribution in [0.25, 0.3) is 0 Å². The molecule has 0 atom stereocenters. The Morgan fingerprint density at radius 3 is 2.30 bits per heavy atom. The first-order chi connectivity index (χ1) is 9.59. The highest BCUT2D eigenvalue weighted by molar-refractivity contribution is 7.89. The Kier molecular flexibility index (Phi) is 5.47. The Morgan fingerprint density at radius 2 is 1.75 bits per heavy atom. The van der Waals surface area contributed by atoms with Crippen LogP contribution in [0.3, 0.4) is 0 Å². The molecule has 1 heterocycles. The number of halogens is 1. The average molecular weight is 316 g/mol. The topological polar surface area (TPSA) is 37.4 Å². The summed E-state index contributed by atoms with van der Waals surface area (Å²) in [7, 11) is -3.37. The third-order valence-electron chi connectivity index (χ3n) is 3.91. The Balaban J connectivity index is 2.33. The van der Waals surface area contributed by atoms with Crippen molar-refractivity contribution in [1.29, 1.82) is 0 Å². The minimum atomic E-state index is -3.37. The van der Waals surface area contributed by atoms with Crippen molar-refractivity contribution in [3.63, 3.8) is 0 Å². The van der Waals surface area contributed by atoms with Gasteiger partial charge in [-0.15, -0.1) is 11.6 Å². The first-order valence-electron chi connectivity index (χ1n) is 7.27. The molecule has 0 radical (unpaired) electrons. The zero-order valence-electron chi connectivity index (χ0n) is 11.9. The molecule has 1 aliphatic rings. The van der Waals surface area contributed by atoms with E-state index in [0.29, 0.717) is 23.9 Å². The molecule has 0 saturated carbocycles. The first kappa shape index (κ1) is 15.8. The van der Waals surface area contributed by atoms with Crippen LogP contribution in [0.2, 0.25) is 0 Å². The predicted molar refractivity (Wildman–Crippen MR) is 82.6 cm³/mol. The van der Waals surface area contributed by atoms with Gasteiger partial charge in [0, 0.05) is 19.0 Å². The lowest BCUT2D eigenvalue weighted by molar-refractivity contribution is 0.423. The largest absolute Gasteiger partial charge is 0.243 e. The minimum absolute atomic E-state index is 0.354. The van der Waals surface area contributed by atoms with Gasteiger partial charge in [-0.2, -0.15) is 4.31 Å². The van der Waals surface area contributed by atoms with Gasteiger partial charge in [0.15, 0.2) is 0 Å². The first-order valence-corrected chi connectivity index (χ1v) is 9.25. The van der Waals surface area contributed by atoms with Gasteiger partial charge < -0.3 is 0 Å². The van der Waals surface area contributed by atoms with E-state index in [0.717, 1.165) is 43.2 Å². The van der Waals surface area contributed by atoms with Crippen LogP contribution in [0.1, 0.15) is 43.7 Å². The van der Waals surface area contributed by atoms with Crippen molar-refractivity contribution in [2.45, 2.75) is 49.8 Å². The van der Waals surface area contributed by atoms with Gasteiger partial charge in [0.2, 0.25) is 10.0 Å². The lowest BCUT2D eigenvalue weighted by atomic mass is 10.1. The molecule has 1 aromatic rings. The SMILES string of the molecule is CCc1ccc(S(=O)(=O)N2CCCCCC2)cc1CCl. The van der Waals surface area contributed by atoms with Crippen LogP contribution in [-0.2, 0) is 22.3 Å². The maximum absolute atomic E-state index is 12.7. The van der Waals surface area contributed by atoms with E-state index in [2.05, 4.69) is 0 Å². The van der Waals surface area contributed by atoms with Crippen molar-refractivity contribution in [2.24, 2.45) is 0 Å². The van der Waals surface area contributed by atoms with Gasteiger partial charge in [-0.3, -0.25) is 0 Å². The maximum atomic E-state index is 12.7. The lowest BCUT2D eigenvalue weighted by Crippen LogP contribution is -2.32. The fourth-order valence-electron chi connectivity index (χ4n) is 2.66. The van der Waals surface area contributed by atoms with E-state index in [9.17, 15) is 8.42 Å². The molecule has 20 heavy (non-hydrogen) atoms. The van der Waals surface area contributed by atoms with Gasteiger partial charge in [0.1, 0.15) is 0 Å². The van der Waals surface area contributed by atoms with Crippen molar-refractivity contribution in [3.8, 4) is 0 Å². The van der Waals surface area contributed by atoms with E-state index >= 15 is 0 Å². The Bertz CT molecular complexity index is 549. The smallest absolute Gasteiger partial charge is 0.207 e. The summed E-state index contributed by atoms with van der Waals surface area (Å²) in [6, 6.07) is 5.35. The van der Waals surface area contributed by atoms with Crippen LogP contribution in [-0.4, -0.2) is 25.8 Å². The summed E-state index contributed by atoms with van der Waals surface area (Å²) in [4.78, 5) is 0.382. The van der Waals surface area contributed by atoms with Gasteiger partial charge in [0.25, 0.3) is 0 Å². The van der Waals surface area contributed by atoms with Crippen LogP contribution in [0.5, 0.6) is 0 Å². The van der Waals surface area contributed by atoms with Gasteiger partial charge in [-0.1, -0.05) is 25.8 Å². The number of benzene rings is 1. The monoisotopic (exact) mass is 315 g/mol. The molecule has 0 aliphatic carbocycles. The molecule has 3 nitrogen and oxygen atoms in total. The van der Waals surface area contributed by atoms with Crippen LogP contribution in [0, 0.1) is 0 Å². The van der Waals surface area contributed by atoms with Crippen molar-refractivity contribution < 1.29 is 8.42 Å². The van der Waals surface area contributed by atoms with Crippen molar-refractivity contribution in [3.05, 3.63) is 29.3 Å². The maximum Gasteiger partial charge on any atom is 0.243 e. The molecular weight excluding hydrogens is 294 g/mol. The van der Waals surface area contributed by atoms with Crippen LogP contribution < -0.4 is 0 Å². The van der Waals surface area contributed by atoms with Crippen LogP contribution in [0.15, 0.2) is 23.1 Å². The van der Waals surface area contributed by atoms with E-state index in [-0.39, 0.29) is 0 Å². The van der Waals surface area contributed by atoms with Crippen molar-refractivity contribution >= 4 is 21.6 Å². The fourth-order valence-corrected chi connectivity index (χ4v) is 4.48. The number of alkyl halides is 1. The Hall–Kier alpha value is -0.580.